The highest BCUT2D eigenvalue weighted by molar-refractivity contribution is 7.99. The zero-order valence-electron chi connectivity index (χ0n) is 10.6. The lowest BCUT2D eigenvalue weighted by molar-refractivity contribution is -0.143. The lowest BCUT2D eigenvalue weighted by Gasteiger charge is -2.15. The van der Waals surface area contributed by atoms with Gasteiger partial charge in [-0.3, -0.25) is 4.79 Å². The molecule has 0 heterocycles. The van der Waals surface area contributed by atoms with Crippen molar-refractivity contribution in [3.8, 4) is 0 Å². The fourth-order valence-corrected chi connectivity index (χ4v) is 2.70. The van der Waals surface area contributed by atoms with Gasteiger partial charge in [-0.2, -0.15) is 0 Å². The van der Waals surface area contributed by atoms with Crippen LogP contribution in [0.5, 0.6) is 0 Å². The number of benzene rings is 1. The van der Waals surface area contributed by atoms with E-state index in [-0.39, 0.29) is 12.0 Å². The van der Waals surface area contributed by atoms with Gasteiger partial charge in [0, 0.05) is 16.7 Å². The van der Waals surface area contributed by atoms with Crippen LogP contribution < -0.4 is 5.32 Å². The Balaban J connectivity index is 1.76. The molecule has 1 unspecified atom stereocenters. The van der Waals surface area contributed by atoms with Gasteiger partial charge < -0.3 is 10.1 Å². The van der Waals surface area contributed by atoms with Crippen molar-refractivity contribution in [2.75, 3.05) is 12.9 Å². The standard InChI is InChI=1S/C14H19NO2S/c1-17-14(16)13(15-11-7-8-11)9-10-18-12-5-3-2-4-6-12/h2-6,11,13,15H,7-10H2,1H3. The van der Waals surface area contributed by atoms with Crippen LogP contribution in [0.25, 0.3) is 0 Å². The molecule has 0 bridgehead atoms. The van der Waals surface area contributed by atoms with Gasteiger partial charge in [-0.25, -0.2) is 0 Å². The van der Waals surface area contributed by atoms with Gasteiger partial charge in [0.05, 0.1) is 7.11 Å². The molecule has 1 aliphatic rings. The van der Waals surface area contributed by atoms with Crippen molar-refractivity contribution >= 4 is 17.7 Å². The number of hydrogen-bond donors (Lipinski definition) is 1. The highest BCUT2D eigenvalue weighted by Crippen LogP contribution is 2.22. The van der Waals surface area contributed by atoms with Gasteiger partial charge in [-0.1, -0.05) is 18.2 Å². The van der Waals surface area contributed by atoms with E-state index in [4.69, 9.17) is 4.74 Å². The first kappa shape index (κ1) is 13.4. The van der Waals surface area contributed by atoms with E-state index in [2.05, 4.69) is 17.4 Å². The number of esters is 1. The number of ether oxygens (including phenoxy) is 1. The minimum atomic E-state index is -0.154. The molecule has 3 nitrogen and oxygen atoms in total. The summed E-state index contributed by atoms with van der Waals surface area (Å²) >= 11 is 1.78. The second kappa shape index (κ2) is 6.81. The van der Waals surface area contributed by atoms with E-state index >= 15 is 0 Å². The summed E-state index contributed by atoms with van der Waals surface area (Å²) in [6.45, 7) is 0. The van der Waals surface area contributed by atoms with Crippen LogP contribution >= 0.6 is 11.8 Å². The van der Waals surface area contributed by atoms with E-state index < -0.39 is 0 Å². The van der Waals surface area contributed by atoms with Crippen molar-refractivity contribution in [3.63, 3.8) is 0 Å². The maximum absolute atomic E-state index is 11.6. The van der Waals surface area contributed by atoms with Crippen LogP contribution in [0.3, 0.4) is 0 Å². The molecule has 2 rings (SSSR count). The average molecular weight is 265 g/mol. The van der Waals surface area contributed by atoms with Crippen molar-refractivity contribution in [2.24, 2.45) is 0 Å². The molecule has 0 saturated heterocycles. The fraction of sp³-hybridized carbons (Fsp3) is 0.500. The Morgan fingerprint density at radius 1 is 1.44 bits per heavy atom. The Morgan fingerprint density at radius 2 is 2.17 bits per heavy atom. The Kier molecular flexibility index (Phi) is 5.08. The van der Waals surface area contributed by atoms with E-state index in [1.807, 2.05) is 18.2 Å². The summed E-state index contributed by atoms with van der Waals surface area (Å²) < 4.78 is 4.83. The molecular weight excluding hydrogens is 246 g/mol. The molecule has 1 N–H and O–H groups in total. The summed E-state index contributed by atoms with van der Waals surface area (Å²) in [5.74, 6) is 0.777. The maximum atomic E-state index is 11.6. The predicted octanol–water partition coefficient (Wildman–Crippen LogP) is 2.46. The highest BCUT2D eigenvalue weighted by Gasteiger charge is 2.28. The summed E-state index contributed by atoms with van der Waals surface area (Å²) in [7, 11) is 1.45. The maximum Gasteiger partial charge on any atom is 0.322 e. The molecule has 4 heteroatoms. The molecule has 0 radical (unpaired) electrons. The van der Waals surface area contributed by atoms with Crippen LogP contribution in [0, 0.1) is 0 Å². The third-order valence-electron chi connectivity index (χ3n) is 2.92. The van der Waals surface area contributed by atoms with Crippen LogP contribution in [0.15, 0.2) is 35.2 Å². The van der Waals surface area contributed by atoms with E-state index in [0.29, 0.717) is 6.04 Å². The Labute approximate surface area is 112 Å². The third-order valence-corrected chi connectivity index (χ3v) is 3.96. The van der Waals surface area contributed by atoms with Gasteiger partial charge in [0.15, 0.2) is 0 Å². The summed E-state index contributed by atoms with van der Waals surface area (Å²) in [4.78, 5) is 12.9. The van der Waals surface area contributed by atoms with Crippen molar-refractivity contribution in [1.82, 2.24) is 5.32 Å². The molecule has 18 heavy (non-hydrogen) atoms. The average Bonchev–Trinajstić information content (AvgIpc) is 3.22. The van der Waals surface area contributed by atoms with Gasteiger partial charge in [-0.15, -0.1) is 11.8 Å². The van der Waals surface area contributed by atoms with E-state index in [9.17, 15) is 4.79 Å². The Bertz CT molecular complexity index is 379. The summed E-state index contributed by atoms with van der Waals surface area (Å²) in [5.41, 5.74) is 0. The van der Waals surface area contributed by atoms with Crippen molar-refractivity contribution < 1.29 is 9.53 Å². The minimum absolute atomic E-state index is 0.143. The molecule has 0 aliphatic heterocycles. The number of carbonyl (C=O) groups excluding carboxylic acids is 1. The van der Waals surface area contributed by atoms with Crippen LogP contribution in [0.1, 0.15) is 19.3 Å². The molecule has 0 aromatic heterocycles. The van der Waals surface area contributed by atoms with Crippen molar-refractivity contribution in [2.45, 2.75) is 36.2 Å². The first-order chi connectivity index (χ1) is 8.79. The van der Waals surface area contributed by atoms with Crippen LogP contribution in [0.4, 0.5) is 0 Å². The molecule has 98 valence electrons. The molecule has 0 spiro atoms. The van der Waals surface area contributed by atoms with Gasteiger partial charge in [-0.05, 0) is 31.4 Å². The molecule has 0 amide bonds. The summed E-state index contributed by atoms with van der Waals surface area (Å²) in [6.07, 6.45) is 3.17. The molecule has 1 aromatic rings. The van der Waals surface area contributed by atoms with Crippen LogP contribution in [-0.4, -0.2) is 30.9 Å². The third kappa shape index (κ3) is 4.35. The zero-order chi connectivity index (χ0) is 12.8. The second-order valence-electron chi connectivity index (χ2n) is 4.47. The quantitative estimate of drug-likeness (QED) is 0.607. The normalized spacial score (nSPS) is 16.3. The molecule has 1 saturated carbocycles. The summed E-state index contributed by atoms with van der Waals surface area (Å²) in [6, 6.07) is 10.6. The smallest absolute Gasteiger partial charge is 0.322 e. The topological polar surface area (TPSA) is 38.3 Å². The summed E-state index contributed by atoms with van der Waals surface area (Å²) in [5, 5.41) is 3.34. The van der Waals surface area contributed by atoms with Crippen LogP contribution in [-0.2, 0) is 9.53 Å². The van der Waals surface area contributed by atoms with E-state index in [0.717, 1.165) is 12.2 Å². The van der Waals surface area contributed by atoms with Gasteiger partial charge >= 0.3 is 5.97 Å². The first-order valence-corrected chi connectivity index (χ1v) is 7.30. The first-order valence-electron chi connectivity index (χ1n) is 6.31. The number of hydrogen-bond acceptors (Lipinski definition) is 4. The minimum Gasteiger partial charge on any atom is -0.468 e. The number of thioether (sulfide) groups is 1. The van der Waals surface area contributed by atoms with E-state index in [1.165, 1.54) is 24.8 Å². The van der Waals surface area contributed by atoms with Crippen molar-refractivity contribution in [3.05, 3.63) is 30.3 Å². The monoisotopic (exact) mass is 265 g/mol. The number of nitrogens with one attached hydrogen (secondary N) is 1. The lowest BCUT2D eigenvalue weighted by Crippen LogP contribution is -2.39. The fourth-order valence-electron chi connectivity index (χ4n) is 1.76. The largest absolute Gasteiger partial charge is 0.468 e. The molecule has 1 fully saturated rings. The van der Waals surface area contributed by atoms with E-state index in [1.54, 1.807) is 11.8 Å². The molecule has 1 aliphatic carbocycles. The highest BCUT2D eigenvalue weighted by atomic mass is 32.2. The predicted molar refractivity (Wildman–Crippen MR) is 73.7 cm³/mol. The van der Waals surface area contributed by atoms with Crippen LogP contribution in [0.2, 0.25) is 0 Å². The lowest BCUT2D eigenvalue weighted by atomic mass is 10.2. The van der Waals surface area contributed by atoms with Gasteiger partial charge in [0.25, 0.3) is 0 Å². The van der Waals surface area contributed by atoms with Gasteiger partial charge in [0.2, 0.25) is 0 Å². The Hall–Kier alpha value is -1.00. The molecule has 1 aromatic carbocycles. The molecular formula is C14H19NO2S. The second-order valence-corrected chi connectivity index (χ2v) is 5.64. The number of rotatable bonds is 7. The molecule has 1 atom stereocenters. The number of methoxy groups -OCH3 is 1. The number of carbonyl (C=O) groups is 1. The van der Waals surface area contributed by atoms with Crippen molar-refractivity contribution in [1.29, 1.82) is 0 Å². The van der Waals surface area contributed by atoms with Gasteiger partial charge in [0.1, 0.15) is 6.04 Å². The SMILES string of the molecule is COC(=O)C(CCSc1ccccc1)NC1CC1. The zero-order valence-corrected chi connectivity index (χ0v) is 11.4. The Morgan fingerprint density at radius 3 is 2.78 bits per heavy atom.